The second-order valence-corrected chi connectivity index (χ2v) is 5.68. The molecule has 24 heavy (non-hydrogen) atoms. The SMILES string of the molecule is COCCOc1ccc(NCCc2cccc3ccccc23)cc1. The predicted octanol–water partition coefficient (Wildman–Crippen LogP) is 4.52. The van der Waals surface area contributed by atoms with Crippen molar-refractivity contribution in [1.29, 1.82) is 0 Å². The zero-order valence-electron chi connectivity index (χ0n) is 14.0. The molecule has 3 nitrogen and oxygen atoms in total. The Morgan fingerprint density at radius 3 is 2.46 bits per heavy atom. The van der Waals surface area contributed by atoms with Crippen molar-refractivity contribution < 1.29 is 9.47 Å². The van der Waals surface area contributed by atoms with E-state index < -0.39 is 0 Å². The van der Waals surface area contributed by atoms with Gasteiger partial charge in [0.15, 0.2) is 0 Å². The van der Waals surface area contributed by atoms with Crippen LogP contribution < -0.4 is 10.1 Å². The van der Waals surface area contributed by atoms with Gasteiger partial charge in [0.1, 0.15) is 12.4 Å². The molecule has 0 fully saturated rings. The van der Waals surface area contributed by atoms with Crippen molar-refractivity contribution in [3.63, 3.8) is 0 Å². The summed E-state index contributed by atoms with van der Waals surface area (Å²) in [6.07, 6.45) is 0.993. The van der Waals surface area contributed by atoms with Crippen LogP contribution in [-0.2, 0) is 11.2 Å². The van der Waals surface area contributed by atoms with E-state index >= 15 is 0 Å². The van der Waals surface area contributed by atoms with E-state index in [1.807, 2.05) is 24.3 Å². The van der Waals surface area contributed by atoms with Gasteiger partial charge in [-0.3, -0.25) is 0 Å². The van der Waals surface area contributed by atoms with Crippen molar-refractivity contribution in [2.75, 3.05) is 32.2 Å². The third-order valence-corrected chi connectivity index (χ3v) is 4.01. The van der Waals surface area contributed by atoms with Gasteiger partial charge in [0, 0.05) is 19.3 Å². The van der Waals surface area contributed by atoms with Crippen LogP contribution in [0.15, 0.2) is 66.7 Å². The molecule has 1 N–H and O–H groups in total. The number of benzene rings is 3. The van der Waals surface area contributed by atoms with Crippen LogP contribution in [0, 0.1) is 0 Å². The highest BCUT2D eigenvalue weighted by molar-refractivity contribution is 5.85. The van der Waals surface area contributed by atoms with Crippen molar-refractivity contribution in [3.8, 4) is 5.75 Å². The standard InChI is InChI=1S/C21H23NO2/c1-23-15-16-24-20-11-9-19(10-12-20)22-14-13-18-7-4-6-17-5-2-3-8-21(17)18/h2-12,22H,13-16H2,1H3. The Hall–Kier alpha value is -2.52. The molecule has 0 saturated heterocycles. The third kappa shape index (κ3) is 4.27. The molecule has 124 valence electrons. The quantitative estimate of drug-likeness (QED) is 0.619. The number of hydrogen-bond donors (Lipinski definition) is 1. The van der Waals surface area contributed by atoms with Gasteiger partial charge in [-0.25, -0.2) is 0 Å². The Balaban J connectivity index is 1.54. The smallest absolute Gasteiger partial charge is 0.119 e. The second kappa shape index (κ2) is 8.37. The van der Waals surface area contributed by atoms with Gasteiger partial charge in [0.25, 0.3) is 0 Å². The maximum atomic E-state index is 5.57. The van der Waals surface area contributed by atoms with Gasteiger partial charge in [-0.2, -0.15) is 0 Å². The number of nitrogens with one attached hydrogen (secondary N) is 1. The average Bonchev–Trinajstić information content (AvgIpc) is 2.63. The Morgan fingerprint density at radius 1 is 0.833 bits per heavy atom. The first kappa shape index (κ1) is 16.3. The lowest BCUT2D eigenvalue weighted by Gasteiger charge is -2.10. The van der Waals surface area contributed by atoms with Crippen molar-refractivity contribution >= 4 is 16.5 Å². The lowest BCUT2D eigenvalue weighted by Crippen LogP contribution is -2.06. The topological polar surface area (TPSA) is 30.5 Å². The van der Waals surface area contributed by atoms with Crippen molar-refractivity contribution in [2.24, 2.45) is 0 Å². The summed E-state index contributed by atoms with van der Waals surface area (Å²) in [7, 11) is 1.67. The summed E-state index contributed by atoms with van der Waals surface area (Å²) in [5.41, 5.74) is 2.48. The van der Waals surface area contributed by atoms with Gasteiger partial charge in [0.05, 0.1) is 6.61 Å². The minimum absolute atomic E-state index is 0.574. The summed E-state index contributed by atoms with van der Waals surface area (Å²) in [6, 6.07) is 23.1. The fourth-order valence-corrected chi connectivity index (χ4v) is 2.76. The van der Waals surface area contributed by atoms with Gasteiger partial charge in [-0.05, 0) is 47.0 Å². The van der Waals surface area contributed by atoms with Crippen molar-refractivity contribution in [1.82, 2.24) is 0 Å². The summed E-state index contributed by atoms with van der Waals surface area (Å²) in [6.45, 7) is 2.08. The normalized spacial score (nSPS) is 10.7. The molecular formula is C21H23NO2. The molecular weight excluding hydrogens is 298 g/mol. The second-order valence-electron chi connectivity index (χ2n) is 5.68. The Morgan fingerprint density at radius 2 is 1.62 bits per heavy atom. The minimum atomic E-state index is 0.574. The number of methoxy groups -OCH3 is 1. The summed E-state index contributed by atoms with van der Waals surface area (Å²) in [5.74, 6) is 0.867. The van der Waals surface area contributed by atoms with E-state index in [0.717, 1.165) is 24.4 Å². The molecule has 0 aliphatic heterocycles. The highest BCUT2D eigenvalue weighted by atomic mass is 16.5. The molecule has 3 aromatic rings. The van der Waals surface area contributed by atoms with E-state index in [1.54, 1.807) is 7.11 Å². The van der Waals surface area contributed by atoms with Crippen LogP contribution in [0.4, 0.5) is 5.69 Å². The van der Waals surface area contributed by atoms with E-state index in [-0.39, 0.29) is 0 Å². The van der Waals surface area contributed by atoms with Crippen LogP contribution in [0.1, 0.15) is 5.56 Å². The maximum absolute atomic E-state index is 5.57. The van der Waals surface area contributed by atoms with Crippen LogP contribution in [0.2, 0.25) is 0 Å². The van der Waals surface area contributed by atoms with Crippen LogP contribution in [0.5, 0.6) is 5.75 Å². The summed E-state index contributed by atoms with van der Waals surface area (Å²) in [5, 5.41) is 6.11. The Bertz CT molecular complexity index is 763. The number of hydrogen-bond acceptors (Lipinski definition) is 3. The van der Waals surface area contributed by atoms with Gasteiger partial charge in [0.2, 0.25) is 0 Å². The Labute approximate surface area is 143 Å². The van der Waals surface area contributed by atoms with E-state index in [9.17, 15) is 0 Å². The molecule has 0 unspecified atom stereocenters. The monoisotopic (exact) mass is 321 g/mol. The average molecular weight is 321 g/mol. The fourth-order valence-electron chi connectivity index (χ4n) is 2.76. The lowest BCUT2D eigenvalue weighted by molar-refractivity contribution is 0.146. The highest BCUT2D eigenvalue weighted by Crippen LogP contribution is 2.20. The zero-order chi connectivity index (χ0) is 16.6. The van der Waals surface area contributed by atoms with Gasteiger partial charge in [-0.1, -0.05) is 42.5 Å². The van der Waals surface area contributed by atoms with E-state index in [1.165, 1.54) is 16.3 Å². The molecule has 0 aromatic heterocycles. The molecule has 0 aliphatic rings. The van der Waals surface area contributed by atoms with Crippen LogP contribution in [0.3, 0.4) is 0 Å². The zero-order valence-corrected chi connectivity index (χ0v) is 14.0. The molecule has 0 atom stereocenters. The van der Waals surface area contributed by atoms with Gasteiger partial charge in [-0.15, -0.1) is 0 Å². The number of anilines is 1. The molecule has 0 spiro atoms. The van der Waals surface area contributed by atoms with Gasteiger partial charge < -0.3 is 14.8 Å². The molecule has 3 aromatic carbocycles. The lowest BCUT2D eigenvalue weighted by atomic mass is 10.0. The van der Waals surface area contributed by atoms with Crippen LogP contribution in [-0.4, -0.2) is 26.9 Å². The van der Waals surface area contributed by atoms with E-state index in [0.29, 0.717) is 13.2 Å². The first-order chi connectivity index (χ1) is 11.9. The van der Waals surface area contributed by atoms with Crippen molar-refractivity contribution in [3.05, 3.63) is 72.3 Å². The summed E-state index contributed by atoms with van der Waals surface area (Å²) in [4.78, 5) is 0. The van der Waals surface area contributed by atoms with Crippen molar-refractivity contribution in [2.45, 2.75) is 6.42 Å². The molecule has 0 radical (unpaired) electrons. The number of rotatable bonds is 8. The summed E-state index contributed by atoms with van der Waals surface area (Å²) >= 11 is 0. The number of ether oxygens (including phenoxy) is 2. The maximum Gasteiger partial charge on any atom is 0.119 e. The summed E-state index contributed by atoms with van der Waals surface area (Å²) < 4.78 is 10.5. The molecule has 0 bridgehead atoms. The van der Waals surface area contributed by atoms with E-state index in [4.69, 9.17) is 9.47 Å². The van der Waals surface area contributed by atoms with E-state index in [2.05, 4.69) is 47.8 Å². The van der Waals surface area contributed by atoms with Gasteiger partial charge >= 0.3 is 0 Å². The molecule has 3 heteroatoms. The van der Waals surface area contributed by atoms with Crippen LogP contribution >= 0.6 is 0 Å². The minimum Gasteiger partial charge on any atom is -0.491 e. The highest BCUT2D eigenvalue weighted by Gasteiger charge is 2.00. The Kier molecular flexibility index (Phi) is 5.70. The molecule has 0 heterocycles. The molecule has 0 saturated carbocycles. The third-order valence-electron chi connectivity index (χ3n) is 4.01. The predicted molar refractivity (Wildman–Crippen MR) is 100.0 cm³/mol. The largest absolute Gasteiger partial charge is 0.491 e. The number of fused-ring (bicyclic) bond motifs is 1. The molecule has 0 aliphatic carbocycles. The fraction of sp³-hybridized carbons (Fsp3) is 0.238. The molecule has 3 rings (SSSR count). The first-order valence-electron chi connectivity index (χ1n) is 8.29. The first-order valence-corrected chi connectivity index (χ1v) is 8.29. The van der Waals surface area contributed by atoms with Crippen LogP contribution in [0.25, 0.3) is 10.8 Å². The molecule has 0 amide bonds.